The fraction of sp³-hybridized carbons (Fsp3) is 0.667. The maximum Gasteiger partial charge on any atom is 0.307 e. The van der Waals surface area contributed by atoms with E-state index in [1.165, 1.54) is 5.54 Å². The van der Waals surface area contributed by atoms with Gasteiger partial charge in [0.15, 0.2) is 0 Å². The summed E-state index contributed by atoms with van der Waals surface area (Å²) in [5.41, 5.74) is 2.36. The fourth-order valence-corrected chi connectivity index (χ4v) is 1.09. The molecule has 0 rings (SSSR count). The number of rotatable bonds is 4. The molecule has 0 aliphatic heterocycles. The number of hydrogen-bond donors (Lipinski definition) is 1. The van der Waals surface area contributed by atoms with Gasteiger partial charge in [0.05, 0.1) is 5.92 Å². The van der Waals surface area contributed by atoms with Crippen molar-refractivity contribution in [3.63, 3.8) is 0 Å². The quantitative estimate of drug-likeness (QED) is 0.740. The Morgan fingerprint density at radius 3 is 2.33 bits per heavy atom. The Hall–Kier alpha value is -0.500. The summed E-state index contributed by atoms with van der Waals surface area (Å²) in [6, 6.07) is 0. The van der Waals surface area contributed by atoms with E-state index >= 15 is 0 Å². The van der Waals surface area contributed by atoms with Crippen LogP contribution in [0.15, 0.2) is 11.1 Å². The molecule has 2 nitrogen and oxygen atoms in total. The number of hydrogen-bond acceptors (Lipinski definition) is 1. The van der Waals surface area contributed by atoms with Crippen LogP contribution in [0.3, 0.4) is 0 Å². The van der Waals surface area contributed by atoms with Gasteiger partial charge in [0.25, 0.3) is 0 Å². The predicted octanol–water partition coefficient (Wildman–Crippen LogP) is 2.88. The summed E-state index contributed by atoms with van der Waals surface area (Å²) in [6.07, 6.45) is 0.538. The highest BCUT2D eigenvalue weighted by atomic mass is 35.5. The van der Waals surface area contributed by atoms with Gasteiger partial charge in [0, 0.05) is 5.54 Å². The van der Waals surface area contributed by atoms with Gasteiger partial charge in [0.2, 0.25) is 0 Å². The van der Waals surface area contributed by atoms with E-state index in [1.807, 2.05) is 20.8 Å². The SMILES string of the molecule is CC(=CCl)CC(C(=O)O)C(C)C. The Morgan fingerprint density at radius 1 is 1.58 bits per heavy atom. The molecular formula is C9H15ClO2. The lowest BCUT2D eigenvalue weighted by Gasteiger charge is -2.15. The summed E-state index contributed by atoms with van der Waals surface area (Å²) in [6.45, 7) is 5.64. The molecule has 0 spiro atoms. The minimum atomic E-state index is -0.747. The Labute approximate surface area is 78.2 Å². The van der Waals surface area contributed by atoms with E-state index in [4.69, 9.17) is 16.7 Å². The normalized spacial score (nSPS) is 14.9. The van der Waals surface area contributed by atoms with Gasteiger partial charge in [-0.15, -0.1) is 0 Å². The maximum absolute atomic E-state index is 10.7. The molecule has 1 N–H and O–H groups in total. The molecule has 0 bridgehead atoms. The van der Waals surface area contributed by atoms with Crippen molar-refractivity contribution in [3.8, 4) is 0 Å². The van der Waals surface area contributed by atoms with Crippen LogP contribution < -0.4 is 0 Å². The molecule has 3 heteroatoms. The number of allylic oxidation sites excluding steroid dienone is 1. The van der Waals surface area contributed by atoms with Crippen molar-refractivity contribution in [1.82, 2.24) is 0 Å². The number of aliphatic carboxylic acids is 1. The smallest absolute Gasteiger partial charge is 0.307 e. The number of carboxylic acids is 1. The molecule has 0 saturated carbocycles. The van der Waals surface area contributed by atoms with Crippen LogP contribution in [0, 0.1) is 11.8 Å². The molecule has 0 saturated heterocycles. The van der Waals surface area contributed by atoms with Crippen molar-refractivity contribution in [2.45, 2.75) is 27.2 Å². The first kappa shape index (κ1) is 11.5. The lowest BCUT2D eigenvalue weighted by molar-refractivity contribution is -0.143. The van der Waals surface area contributed by atoms with Gasteiger partial charge in [-0.05, 0) is 19.3 Å². The Bertz CT molecular complexity index is 185. The molecule has 0 aromatic rings. The highest BCUT2D eigenvalue weighted by Gasteiger charge is 2.21. The van der Waals surface area contributed by atoms with E-state index in [0.717, 1.165) is 5.57 Å². The first-order valence-corrected chi connectivity index (χ1v) is 4.41. The fourth-order valence-electron chi connectivity index (χ4n) is 1.000. The van der Waals surface area contributed by atoms with Gasteiger partial charge in [-0.3, -0.25) is 4.79 Å². The average molecular weight is 191 g/mol. The summed E-state index contributed by atoms with van der Waals surface area (Å²) in [5.74, 6) is -0.920. The van der Waals surface area contributed by atoms with Crippen LogP contribution in [0.2, 0.25) is 0 Å². The van der Waals surface area contributed by atoms with Gasteiger partial charge >= 0.3 is 5.97 Å². The highest BCUT2D eigenvalue weighted by molar-refractivity contribution is 6.25. The lowest BCUT2D eigenvalue weighted by atomic mass is 9.90. The first-order valence-electron chi connectivity index (χ1n) is 3.97. The second-order valence-corrected chi connectivity index (χ2v) is 3.57. The number of carbonyl (C=O) groups is 1. The standard InChI is InChI=1S/C9H15ClO2/c1-6(2)8(9(11)12)4-7(3)5-10/h5-6,8H,4H2,1-3H3,(H,11,12). The molecule has 0 aromatic heterocycles. The van der Waals surface area contributed by atoms with Crippen LogP contribution in [0.4, 0.5) is 0 Å². The van der Waals surface area contributed by atoms with Gasteiger partial charge in [-0.2, -0.15) is 0 Å². The van der Waals surface area contributed by atoms with Gasteiger partial charge < -0.3 is 5.11 Å². The second kappa shape index (κ2) is 5.20. The Kier molecular flexibility index (Phi) is 4.98. The summed E-state index contributed by atoms with van der Waals surface area (Å²) in [5, 5.41) is 8.82. The summed E-state index contributed by atoms with van der Waals surface area (Å²) >= 11 is 5.45. The third-order valence-electron chi connectivity index (χ3n) is 1.85. The topological polar surface area (TPSA) is 37.3 Å². The molecule has 1 atom stereocenters. The van der Waals surface area contributed by atoms with E-state index < -0.39 is 5.97 Å². The Balaban J connectivity index is 4.24. The van der Waals surface area contributed by atoms with Crippen molar-refractivity contribution >= 4 is 17.6 Å². The van der Waals surface area contributed by atoms with E-state index in [0.29, 0.717) is 6.42 Å². The lowest BCUT2D eigenvalue weighted by Crippen LogP contribution is -2.19. The number of halogens is 1. The van der Waals surface area contributed by atoms with Crippen LogP contribution >= 0.6 is 11.6 Å². The van der Waals surface area contributed by atoms with E-state index in [9.17, 15) is 4.79 Å². The third-order valence-corrected chi connectivity index (χ3v) is 2.22. The second-order valence-electron chi connectivity index (χ2n) is 3.35. The molecule has 0 aliphatic rings. The van der Waals surface area contributed by atoms with Crippen molar-refractivity contribution in [3.05, 3.63) is 11.1 Å². The minimum absolute atomic E-state index is 0.147. The molecule has 0 fully saturated rings. The van der Waals surface area contributed by atoms with Crippen molar-refractivity contribution in [1.29, 1.82) is 0 Å². The zero-order valence-corrected chi connectivity index (χ0v) is 8.43. The monoisotopic (exact) mass is 190 g/mol. The summed E-state index contributed by atoms with van der Waals surface area (Å²) < 4.78 is 0. The van der Waals surface area contributed by atoms with Crippen LogP contribution in [0.25, 0.3) is 0 Å². The maximum atomic E-state index is 10.7. The molecule has 12 heavy (non-hydrogen) atoms. The van der Waals surface area contributed by atoms with Gasteiger partial charge in [-0.25, -0.2) is 0 Å². The van der Waals surface area contributed by atoms with Crippen molar-refractivity contribution in [2.24, 2.45) is 11.8 Å². The van der Waals surface area contributed by atoms with Crippen LogP contribution in [0.5, 0.6) is 0 Å². The molecule has 1 unspecified atom stereocenters. The molecule has 0 heterocycles. The average Bonchev–Trinajstić information content (AvgIpc) is 1.98. The molecule has 0 aliphatic carbocycles. The van der Waals surface area contributed by atoms with Crippen LogP contribution in [-0.2, 0) is 4.79 Å². The summed E-state index contributed by atoms with van der Waals surface area (Å²) in [7, 11) is 0. The Morgan fingerprint density at radius 2 is 2.08 bits per heavy atom. The van der Waals surface area contributed by atoms with E-state index in [2.05, 4.69) is 0 Å². The van der Waals surface area contributed by atoms with Crippen molar-refractivity contribution < 1.29 is 9.90 Å². The molecular weight excluding hydrogens is 176 g/mol. The van der Waals surface area contributed by atoms with Gasteiger partial charge in [0.1, 0.15) is 0 Å². The first-order chi connectivity index (χ1) is 5.49. The third kappa shape index (κ3) is 3.77. The highest BCUT2D eigenvalue weighted by Crippen LogP contribution is 2.20. The van der Waals surface area contributed by atoms with Gasteiger partial charge in [-0.1, -0.05) is 31.0 Å². The van der Waals surface area contributed by atoms with E-state index in [1.54, 1.807) is 0 Å². The zero-order chi connectivity index (χ0) is 9.72. The number of carboxylic acid groups (broad SMARTS) is 1. The molecule has 0 amide bonds. The van der Waals surface area contributed by atoms with E-state index in [-0.39, 0.29) is 11.8 Å². The largest absolute Gasteiger partial charge is 0.481 e. The van der Waals surface area contributed by atoms with Crippen LogP contribution in [0.1, 0.15) is 27.2 Å². The zero-order valence-electron chi connectivity index (χ0n) is 7.67. The molecule has 0 aromatic carbocycles. The predicted molar refractivity (Wildman–Crippen MR) is 50.2 cm³/mol. The molecule has 0 radical (unpaired) electrons. The summed E-state index contributed by atoms with van der Waals surface area (Å²) in [4.78, 5) is 10.7. The van der Waals surface area contributed by atoms with Crippen LogP contribution in [-0.4, -0.2) is 11.1 Å². The van der Waals surface area contributed by atoms with Crippen molar-refractivity contribution in [2.75, 3.05) is 0 Å². The minimum Gasteiger partial charge on any atom is -0.481 e. The molecule has 70 valence electrons.